The van der Waals surface area contributed by atoms with Crippen molar-refractivity contribution in [2.24, 2.45) is 0 Å². The van der Waals surface area contributed by atoms with E-state index in [1.165, 1.54) is 0 Å². The summed E-state index contributed by atoms with van der Waals surface area (Å²) in [5, 5.41) is 3.71. The number of nitrogen functional groups attached to an aromatic ring is 1. The number of carbonyl (C=O) groups excluding carboxylic acids is 1. The fourth-order valence-corrected chi connectivity index (χ4v) is 2.19. The molecule has 3 aromatic rings. The van der Waals surface area contributed by atoms with Crippen LogP contribution in [-0.2, 0) is 0 Å². The van der Waals surface area contributed by atoms with Crippen LogP contribution in [0, 0.1) is 12.3 Å². The van der Waals surface area contributed by atoms with E-state index in [9.17, 15) is 4.79 Å². The molecule has 0 aliphatic heterocycles. The fraction of sp³-hybridized carbons (Fsp3) is 0. The molecule has 0 unspecified atom stereocenters. The number of hydrogen-bond donors (Lipinski definition) is 3. The number of rotatable bonds is 2. The summed E-state index contributed by atoms with van der Waals surface area (Å²) in [6, 6.07) is 14.4. The highest BCUT2D eigenvalue weighted by molar-refractivity contribution is 6.07. The quantitative estimate of drug-likeness (QED) is 0.497. The van der Waals surface area contributed by atoms with Crippen molar-refractivity contribution in [3.05, 3.63) is 59.8 Å². The Morgan fingerprint density at radius 3 is 2.76 bits per heavy atom. The van der Waals surface area contributed by atoms with Crippen LogP contribution < -0.4 is 11.1 Å². The Balaban J connectivity index is 1.90. The van der Waals surface area contributed by atoms with E-state index in [1.54, 1.807) is 36.4 Å². The van der Waals surface area contributed by atoms with Crippen molar-refractivity contribution in [1.29, 1.82) is 0 Å². The lowest BCUT2D eigenvalue weighted by Gasteiger charge is -2.04. The molecule has 0 spiro atoms. The second-order valence-electron chi connectivity index (χ2n) is 4.67. The SMILES string of the molecule is C#Cc1cccc(NC(=O)c2cc3cccc(N)c3[nH]2)c1. The van der Waals surface area contributed by atoms with Gasteiger partial charge in [0.2, 0.25) is 0 Å². The Labute approximate surface area is 122 Å². The van der Waals surface area contributed by atoms with E-state index in [2.05, 4.69) is 16.2 Å². The number of nitrogens with two attached hydrogens (primary N) is 1. The summed E-state index contributed by atoms with van der Waals surface area (Å²) < 4.78 is 0. The number of fused-ring (bicyclic) bond motifs is 1. The third-order valence-electron chi connectivity index (χ3n) is 3.22. The predicted octanol–water partition coefficient (Wildman–Crippen LogP) is 2.98. The number of carbonyl (C=O) groups is 1. The average molecular weight is 275 g/mol. The summed E-state index contributed by atoms with van der Waals surface area (Å²) in [4.78, 5) is 15.3. The first-order chi connectivity index (χ1) is 10.2. The molecule has 1 amide bonds. The first kappa shape index (κ1) is 12.8. The van der Waals surface area contributed by atoms with Crippen LogP contribution in [0.4, 0.5) is 11.4 Å². The number of hydrogen-bond acceptors (Lipinski definition) is 2. The van der Waals surface area contributed by atoms with Crippen molar-refractivity contribution in [3.8, 4) is 12.3 Å². The Morgan fingerprint density at radius 2 is 2.00 bits per heavy atom. The largest absolute Gasteiger partial charge is 0.397 e. The van der Waals surface area contributed by atoms with Gasteiger partial charge >= 0.3 is 0 Å². The van der Waals surface area contributed by atoms with Gasteiger partial charge in [-0.2, -0.15) is 0 Å². The number of H-pyrrole nitrogens is 1. The molecule has 102 valence electrons. The molecule has 2 aromatic carbocycles. The van der Waals surface area contributed by atoms with Crippen molar-refractivity contribution in [2.75, 3.05) is 11.1 Å². The van der Waals surface area contributed by atoms with Crippen molar-refractivity contribution in [1.82, 2.24) is 4.98 Å². The van der Waals surface area contributed by atoms with Crippen LogP contribution in [-0.4, -0.2) is 10.9 Å². The van der Waals surface area contributed by atoms with Gasteiger partial charge in [-0.25, -0.2) is 0 Å². The molecule has 4 N–H and O–H groups in total. The summed E-state index contributed by atoms with van der Waals surface area (Å²) in [6.45, 7) is 0. The molecule has 0 atom stereocenters. The lowest BCUT2D eigenvalue weighted by Crippen LogP contribution is -2.12. The lowest BCUT2D eigenvalue weighted by atomic mass is 10.2. The molecule has 0 radical (unpaired) electrons. The first-order valence-corrected chi connectivity index (χ1v) is 6.42. The minimum Gasteiger partial charge on any atom is -0.397 e. The van der Waals surface area contributed by atoms with Gasteiger partial charge in [-0.1, -0.05) is 24.1 Å². The Morgan fingerprint density at radius 1 is 1.19 bits per heavy atom. The summed E-state index contributed by atoms with van der Waals surface area (Å²) >= 11 is 0. The highest BCUT2D eigenvalue weighted by Gasteiger charge is 2.11. The zero-order valence-corrected chi connectivity index (χ0v) is 11.2. The molecule has 1 heterocycles. The zero-order valence-electron chi connectivity index (χ0n) is 11.2. The van der Waals surface area contributed by atoms with Crippen LogP contribution in [0.2, 0.25) is 0 Å². The number of para-hydroxylation sites is 1. The molecule has 0 bridgehead atoms. The fourth-order valence-electron chi connectivity index (χ4n) is 2.19. The van der Waals surface area contributed by atoms with E-state index in [0.29, 0.717) is 22.6 Å². The van der Waals surface area contributed by atoms with Gasteiger partial charge in [-0.05, 0) is 30.3 Å². The molecular formula is C17H13N3O. The average Bonchev–Trinajstić information content (AvgIpc) is 2.93. The van der Waals surface area contributed by atoms with Gasteiger partial charge in [0.25, 0.3) is 5.91 Å². The molecule has 0 fully saturated rings. The second kappa shape index (κ2) is 5.06. The molecule has 4 heteroatoms. The van der Waals surface area contributed by atoms with Gasteiger partial charge in [-0.15, -0.1) is 6.42 Å². The highest BCUT2D eigenvalue weighted by Crippen LogP contribution is 2.21. The smallest absolute Gasteiger partial charge is 0.272 e. The third-order valence-corrected chi connectivity index (χ3v) is 3.22. The van der Waals surface area contributed by atoms with Gasteiger partial charge < -0.3 is 16.0 Å². The summed E-state index contributed by atoms with van der Waals surface area (Å²) in [5.41, 5.74) is 9.07. The number of aromatic amines is 1. The molecule has 0 aliphatic rings. The van der Waals surface area contributed by atoms with Crippen LogP contribution in [0.5, 0.6) is 0 Å². The topological polar surface area (TPSA) is 70.9 Å². The summed E-state index contributed by atoms with van der Waals surface area (Å²) in [6.07, 6.45) is 5.35. The number of amides is 1. The van der Waals surface area contributed by atoms with Gasteiger partial charge in [-0.3, -0.25) is 4.79 Å². The number of benzene rings is 2. The third kappa shape index (κ3) is 2.45. The molecule has 0 aliphatic carbocycles. The van der Waals surface area contributed by atoms with E-state index in [4.69, 9.17) is 12.2 Å². The summed E-state index contributed by atoms with van der Waals surface area (Å²) in [5.74, 6) is 2.30. The molecule has 0 saturated heterocycles. The van der Waals surface area contributed by atoms with Gasteiger partial charge in [0, 0.05) is 16.6 Å². The maximum atomic E-state index is 12.3. The Hall–Kier alpha value is -3.19. The van der Waals surface area contributed by atoms with E-state index < -0.39 is 0 Å². The number of anilines is 2. The number of nitrogens with one attached hydrogen (secondary N) is 2. The maximum Gasteiger partial charge on any atom is 0.272 e. The molecule has 1 aromatic heterocycles. The van der Waals surface area contributed by atoms with Crippen LogP contribution in [0.3, 0.4) is 0 Å². The van der Waals surface area contributed by atoms with Crippen LogP contribution >= 0.6 is 0 Å². The Kier molecular flexibility index (Phi) is 3.09. The minimum absolute atomic E-state index is 0.236. The molecular weight excluding hydrogens is 262 g/mol. The normalized spacial score (nSPS) is 10.2. The van der Waals surface area contributed by atoms with Crippen molar-refractivity contribution < 1.29 is 4.79 Å². The highest BCUT2D eigenvalue weighted by atomic mass is 16.1. The second-order valence-corrected chi connectivity index (χ2v) is 4.67. The standard InChI is InChI=1S/C17H13N3O/c1-2-11-5-3-7-13(9-11)19-17(21)15-10-12-6-4-8-14(18)16(12)20-15/h1,3-10,20H,18H2,(H,19,21). The molecule has 21 heavy (non-hydrogen) atoms. The van der Waals surface area contributed by atoms with Gasteiger partial charge in [0.15, 0.2) is 0 Å². The van der Waals surface area contributed by atoms with Crippen molar-refractivity contribution in [2.45, 2.75) is 0 Å². The lowest BCUT2D eigenvalue weighted by molar-refractivity contribution is 0.102. The van der Waals surface area contributed by atoms with Crippen molar-refractivity contribution in [3.63, 3.8) is 0 Å². The molecule has 3 rings (SSSR count). The van der Waals surface area contributed by atoms with Crippen molar-refractivity contribution >= 4 is 28.2 Å². The monoisotopic (exact) mass is 275 g/mol. The molecule has 4 nitrogen and oxygen atoms in total. The van der Waals surface area contributed by atoms with E-state index in [0.717, 1.165) is 10.9 Å². The van der Waals surface area contributed by atoms with Crippen LogP contribution in [0.1, 0.15) is 16.1 Å². The van der Waals surface area contributed by atoms with E-state index in [1.807, 2.05) is 12.1 Å². The zero-order chi connectivity index (χ0) is 14.8. The van der Waals surface area contributed by atoms with E-state index in [-0.39, 0.29) is 5.91 Å². The van der Waals surface area contributed by atoms with E-state index >= 15 is 0 Å². The number of aromatic nitrogens is 1. The molecule has 0 saturated carbocycles. The first-order valence-electron chi connectivity index (χ1n) is 6.42. The van der Waals surface area contributed by atoms with Gasteiger partial charge in [0.05, 0.1) is 11.2 Å². The summed E-state index contributed by atoms with van der Waals surface area (Å²) in [7, 11) is 0. The van der Waals surface area contributed by atoms with Gasteiger partial charge in [0.1, 0.15) is 5.69 Å². The number of terminal acetylenes is 1. The van der Waals surface area contributed by atoms with Crippen LogP contribution in [0.15, 0.2) is 48.5 Å². The minimum atomic E-state index is -0.236. The predicted molar refractivity (Wildman–Crippen MR) is 85.0 cm³/mol. The Bertz CT molecular complexity index is 871. The maximum absolute atomic E-state index is 12.3. The van der Waals surface area contributed by atoms with Crippen LogP contribution in [0.25, 0.3) is 10.9 Å².